The molecule has 0 aromatic carbocycles. The largest absolute Gasteiger partial charge is 0.434 e. The van der Waals surface area contributed by atoms with Gasteiger partial charge in [0.05, 0.1) is 17.6 Å². The summed E-state index contributed by atoms with van der Waals surface area (Å²) in [4.78, 5) is 17.3. The number of hydrogen-bond donors (Lipinski definition) is 2. The zero-order chi connectivity index (χ0) is 18.7. The summed E-state index contributed by atoms with van der Waals surface area (Å²) in [6.45, 7) is 1.07. The Labute approximate surface area is 151 Å². The Morgan fingerprint density at radius 3 is 3.04 bits per heavy atom. The number of aromatic amines is 1. The van der Waals surface area contributed by atoms with Gasteiger partial charge in [-0.3, -0.25) is 9.89 Å². The number of ether oxygens (including phenoxy) is 1. The SMILES string of the molecule is COCC(=O)Nc1cn[nH]c1[C@H]1CCCN(c2nc(C(F)(F)F)cs2)C1. The first-order valence-electron chi connectivity index (χ1n) is 7.98. The number of nitrogens with zero attached hydrogens (tertiary/aromatic N) is 3. The number of aromatic nitrogens is 3. The van der Waals surface area contributed by atoms with Crippen LogP contribution < -0.4 is 10.2 Å². The molecule has 1 fully saturated rings. The van der Waals surface area contributed by atoms with Crippen molar-refractivity contribution in [1.82, 2.24) is 15.2 Å². The zero-order valence-electron chi connectivity index (χ0n) is 14.0. The Balaban J connectivity index is 1.72. The molecule has 0 unspecified atom stereocenters. The Morgan fingerprint density at radius 1 is 1.54 bits per heavy atom. The Kier molecular flexibility index (Phi) is 5.47. The highest BCUT2D eigenvalue weighted by Crippen LogP contribution is 2.36. The van der Waals surface area contributed by atoms with E-state index in [0.717, 1.165) is 35.3 Å². The number of carbonyl (C=O) groups excluding carboxylic acids is 1. The normalized spacial score (nSPS) is 18.2. The number of halogens is 3. The molecule has 3 heterocycles. The smallest absolute Gasteiger partial charge is 0.375 e. The van der Waals surface area contributed by atoms with Gasteiger partial charge >= 0.3 is 6.18 Å². The molecule has 0 radical (unpaired) electrons. The average molecular weight is 389 g/mol. The van der Waals surface area contributed by atoms with Crippen LogP contribution in [0.4, 0.5) is 24.0 Å². The second-order valence-corrected chi connectivity index (χ2v) is 6.81. The van der Waals surface area contributed by atoms with Crippen molar-refractivity contribution in [3.8, 4) is 0 Å². The molecule has 1 aliphatic rings. The molecule has 3 rings (SSSR count). The molecule has 1 saturated heterocycles. The molecule has 1 aliphatic heterocycles. The van der Waals surface area contributed by atoms with Crippen LogP contribution in [0.3, 0.4) is 0 Å². The number of H-pyrrole nitrogens is 1. The van der Waals surface area contributed by atoms with E-state index in [2.05, 4.69) is 20.5 Å². The van der Waals surface area contributed by atoms with Gasteiger partial charge in [-0.15, -0.1) is 11.3 Å². The number of thiazole rings is 1. The minimum Gasteiger partial charge on any atom is -0.375 e. The fourth-order valence-corrected chi connectivity index (χ4v) is 3.82. The van der Waals surface area contributed by atoms with Gasteiger partial charge in [0.15, 0.2) is 10.8 Å². The molecule has 7 nitrogen and oxygen atoms in total. The predicted octanol–water partition coefficient (Wildman–Crippen LogP) is 2.85. The van der Waals surface area contributed by atoms with Gasteiger partial charge in [-0.05, 0) is 12.8 Å². The lowest BCUT2D eigenvalue weighted by atomic mass is 9.94. The van der Waals surface area contributed by atoms with Crippen LogP contribution in [0, 0.1) is 0 Å². The highest BCUT2D eigenvalue weighted by Gasteiger charge is 2.35. The maximum atomic E-state index is 12.8. The quantitative estimate of drug-likeness (QED) is 0.822. The molecule has 1 amide bonds. The molecule has 2 N–H and O–H groups in total. The maximum Gasteiger partial charge on any atom is 0.434 e. The fraction of sp³-hybridized carbons (Fsp3) is 0.533. The summed E-state index contributed by atoms with van der Waals surface area (Å²) in [6.07, 6.45) is -1.28. The van der Waals surface area contributed by atoms with Crippen molar-refractivity contribution in [2.75, 3.05) is 37.0 Å². The minimum absolute atomic E-state index is 0.00216. The number of amides is 1. The summed E-state index contributed by atoms with van der Waals surface area (Å²) in [5.41, 5.74) is 0.453. The lowest BCUT2D eigenvalue weighted by molar-refractivity contribution is -0.140. The highest BCUT2D eigenvalue weighted by atomic mass is 32.1. The van der Waals surface area contributed by atoms with E-state index >= 15 is 0 Å². The van der Waals surface area contributed by atoms with E-state index in [9.17, 15) is 18.0 Å². The maximum absolute atomic E-state index is 12.8. The number of carbonyl (C=O) groups is 1. The van der Waals surface area contributed by atoms with E-state index < -0.39 is 11.9 Å². The molecule has 142 valence electrons. The second-order valence-electron chi connectivity index (χ2n) is 5.98. The van der Waals surface area contributed by atoms with E-state index in [1.54, 1.807) is 0 Å². The average Bonchev–Trinajstić information content (AvgIpc) is 3.24. The number of methoxy groups -OCH3 is 1. The molecule has 11 heteroatoms. The van der Waals surface area contributed by atoms with Crippen LogP contribution in [-0.4, -0.2) is 47.9 Å². The number of nitrogens with one attached hydrogen (secondary N) is 2. The summed E-state index contributed by atoms with van der Waals surface area (Å²) in [5, 5.41) is 11.0. The van der Waals surface area contributed by atoms with Crippen LogP contribution >= 0.6 is 11.3 Å². The van der Waals surface area contributed by atoms with Gasteiger partial charge in [0.25, 0.3) is 0 Å². The zero-order valence-corrected chi connectivity index (χ0v) is 14.8. The summed E-state index contributed by atoms with van der Waals surface area (Å²) in [5.74, 6) is -0.292. The molecule has 2 aromatic heterocycles. The van der Waals surface area contributed by atoms with Gasteiger partial charge < -0.3 is 15.0 Å². The van der Waals surface area contributed by atoms with Crippen molar-refractivity contribution in [1.29, 1.82) is 0 Å². The van der Waals surface area contributed by atoms with Crippen molar-refractivity contribution in [3.63, 3.8) is 0 Å². The number of rotatable bonds is 5. The van der Waals surface area contributed by atoms with Crippen LogP contribution in [0.1, 0.15) is 30.1 Å². The summed E-state index contributed by atoms with van der Waals surface area (Å²) < 4.78 is 43.1. The first-order valence-corrected chi connectivity index (χ1v) is 8.86. The van der Waals surface area contributed by atoms with Gasteiger partial charge in [-0.2, -0.15) is 18.3 Å². The topological polar surface area (TPSA) is 83.1 Å². The van der Waals surface area contributed by atoms with Crippen molar-refractivity contribution in [2.45, 2.75) is 24.9 Å². The molecule has 0 aliphatic carbocycles. The Morgan fingerprint density at radius 2 is 2.35 bits per heavy atom. The van der Waals surface area contributed by atoms with Crippen LogP contribution in [0.25, 0.3) is 0 Å². The van der Waals surface area contributed by atoms with E-state index in [1.165, 1.54) is 13.3 Å². The monoisotopic (exact) mass is 389 g/mol. The summed E-state index contributed by atoms with van der Waals surface area (Å²) in [7, 11) is 1.43. The number of anilines is 2. The van der Waals surface area contributed by atoms with Gasteiger partial charge in [0.2, 0.25) is 5.91 Å². The van der Waals surface area contributed by atoms with Crippen LogP contribution in [-0.2, 0) is 15.7 Å². The number of piperidine rings is 1. The Bertz CT molecular complexity index is 761. The highest BCUT2D eigenvalue weighted by molar-refractivity contribution is 7.13. The lowest BCUT2D eigenvalue weighted by Crippen LogP contribution is -2.35. The van der Waals surface area contributed by atoms with Crippen LogP contribution in [0.15, 0.2) is 11.6 Å². The van der Waals surface area contributed by atoms with E-state index in [0.29, 0.717) is 23.9 Å². The lowest BCUT2D eigenvalue weighted by Gasteiger charge is -2.32. The van der Waals surface area contributed by atoms with E-state index in [4.69, 9.17) is 4.74 Å². The van der Waals surface area contributed by atoms with Crippen molar-refractivity contribution >= 4 is 28.1 Å². The minimum atomic E-state index is -4.44. The van der Waals surface area contributed by atoms with E-state index in [1.807, 2.05) is 4.90 Å². The Hall–Kier alpha value is -2.14. The fourth-order valence-electron chi connectivity index (χ4n) is 2.95. The van der Waals surface area contributed by atoms with Gasteiger partial charge in [0, 0.05) is 31.5 Å². The third-order valence-corrected chi connectivity index (χ3v) is 5.00. The molecule has 2 aromatic rings. The van der Waals surface area contributed by atoms with Gasteiger partial charge in [-0.1, -0.05) is 0 Å². The summed E-state index contributed by atoms with van der Waals surface area (Å²) >= 11 is 0.986. The molecule has 0 spiro atoms. The van der Waals surface area contributed by atoms with Gasteiger partial charge in [-0.25, -0.2) is 4.98 Å². The van der Waals surface area contributed by atoms with Gasteiger partial charge in [0.1, 0.15) is 6.61 Å². The molecule has 0 saturated carbocycles. The van der Waals surface area contributed by atoms with Crippen molar-refractivity contribution in [2.24, 2.45) is 0 Å². The number of hydrogen-bond acceptors (Lipinski definition) is 6. The van der Waals surface area contributed by atoms with Crippen LogP contribution in [0.5, 0.6) is 0 Å². The van der Waals surface area contributed by atoms with Crippen LogP contribution in [0.2, 0.25) is 0 Å². The molecule has 1 atom stereocenters. The standard InChI is InChI=1S/C15H18F3N5O2S/c1-25-7-12(24)20-10-5-19-22-13(10)9-3-2-4-23(6-9)14-21-11(8-26-14)15(16,17)18/h5,8-9H,2-4,6-7H2,1H3,(H,19,22)(H,20,24)/t9-/m0/s1. The van der Waals surface area contributed by atoms with Crippen molar-refractivity contribution in [3.05, 3.63) is 23.0 Å². The van der Waals surface area contributed by atoms with E-state index in [-0.39, 0.29) is 18.4 Å². The second kappa shape index (κ2) is 7.62. The third-order valence-electron chi connectivity index (χ3n) is 4.10. The molecule has 26 heavy (non-hydrogen) atoms. The first-order chi connectivity index (χ1) is 12.4. The molecular formula is C15H18F3N5O2S. The number of alkyl halides is 3. The van der Waals surface area contributed by atoms with Crippen molar-refractivity contribution < 1.29 is 22.7 Å². The summed E-state index contributed by atoms with van der Waals surface area (Å²) in [6, 6.07) is 0. The third kappa shape index (κ3) is 4.15. The first kappa shape index (κ1) is 18.6. The molecule has 0 bridgehead atoms. The predicted molar refractivity (Wildman–Crippen MR) is 90.4 cm³/mol. The molecular weight excluding hydrogens is 371 g/mol.